The van der Waals surface area contributed by atoms with Crippen LogP contribution in [-0.2, 0) is 21.2 Å². The number of nitrogens with zero attached hydrogens (tertiary/aromatic N) is 1. The van der Waals surface area contributed by atoms with Crippen molar-refractivity contribution < 1.29 is 17.9 Å². The number of unbranched alkanes of at least 4 members (excludes halogenated alkanes) is 1. The molecular weight excluding hydrogens is 424 g/mol. The molecule has 1 fully saturated rings. The normalized spacial score (nSPS) is 17.2. The molecule has 1 atom stereocenters. The van der Waals surface area contributed by atoms with E-state index in [1.165, 1.54) is 9.87 Å². The summed E-state index contributed by atoms with van der Waals surface area (Å²) in [5, 5.41) is 2.96. The number of aryl methyl sites for hydroxylation is 2. The summed E-state index contributed by atoms with van der Waals surface area (Å²) in [5.74, 6) is 0.180. The molecule has 0 unspecified atom stereocenters. The van der Waals surface area contributed by atoms with Crippen molar-refractivity contribution in [3.8, 4) is 5.75 Å². The van der Waals surface area contributed by atoms with E-state index in [9.17, 15) is 13.2 Å². The lowest BCUT2D eigenvalue weighted by Crippen LogP contribution is -2.43. The molecule has 1 heterocycles. The number of piperidine rings is 1. The Kier molecular flexibility index (Phi) is 8.32. The summed E-state index contributed by atoms with van der Waals surface area (Å²) in [4.78, 5) is 13.1. The van der Waals surface area contributed by atoms with Crippen LogP contribution in [0, 0.1) is 12.8 Å². The van der Waals surface area contributed by atoms with E-state index in [1.54, 1.807) is 18.2 Å². The van der Waals surface area contributed by atoms with Crippen molar-refractivity contribution in [2.45, 2.75) is 57.8 Å². The summed E-state index contributed by atoms with van der Waals surface area (Å²) >= 11 is 0. The lowest BCUT2D eigenvalue weighted by atomic mass is 9.98. The standard InChI is InChI=1S/C25H34N2O4S/c1-4-6-8-20-10-12-22(13-11-20)26-25(28)21-9-7-16-27(18-21)32(29,30)23-14-15-24(31-5-2)19(3)17-23/h10-15,17,21H,4-9,16,18H2,1-3H3,(H,26,28)/t21-/m0/s1. The van der Waals surface area contributed by atoms with Gasteiger partial charge in [0.2, 0.25) is 15.9 Å². The molecule has 2 aromatic rings. The third-order valence-electron chi connectivity index (χ3n) is 5.88. The second-order valence-corrected chi connectivity index (χ2v) is 10.3. The van der Waals surface area contributed by atoms with E-state index in [1.807, 2.05) is 38.1 Å². The molecule has 1 aliphatic heterocycles. The zero-order valence-corrected chi connectivity index (χ0v) is 20.1. The minimum atomic E-state index is -3.67. The molecule has 0 saturated carbocycles. The van der Waals surface area contributed by atoms with Crippen molar-refractivity contribution in [2.75, 3.05) is 25.0 Å². The molecule has 1 aliphatic rings. The first kappa shape index (κ1) is 24.3. The van der Waals surface area contributed by atoms with Gasteiger partial charge in [-0.3, -0.25) is 4.79 Å². The number of nitrogens with one attached hydrogen (secondary N) is 1. The van der Waals surface area contributed by atoms with Crippen LogP contribution in [-0.4, -0.2) is 38.3 Å². The van der Waals surface area contributed by atoms with Crippen molar-refractivity contribution in [1.29, 1.82) is 0 Å². The molecule has 0 spiro atoms. The fourth-order valence-corrected chi connectivity index (χ4v) is 5.61. The van der Waals surface area contributed by atoms with Gasteiger partial charge in [-0.1, -0.05) is 25.5 Å². The zero-order valence-electron chi connectivity index (χ0n) is 19.3. The zero-order chi connectivity index (χ0) is 23.1. The number of hydrogen-bond acceptors (Lipinski definition) is 4. The first-order chi connectivity index (χ1) is 15.3. The van der Waals surface area contributed by atoms with E-state index in [0.29, 0.717) is 31.7 Å². The van der Waals surface area contributed by atoms with Crippen LogP contribution in [0.5, 0.6) is 5.75 Å². The minimum Gasteiger partial charge on any atom is -0.494 e. The number of ether oxygens (including phenoxy) is 1. The SMILES string of the molecule is CCCCc1ccc(NC(=O)[C@H]2CCCN(S(=O)(=O)c3ccc(OCC)c(C)c3)C2)cc1. The van der Waals surface area contributed by atoms with Gasteiger partial charge < -0.3 is 10.1 Å². The first-order valence-corrected chi connectivity index (χ1v) is 12.9. The topological polar surface area (TPSA) is 75.7 Å². The Morgan fingerprint density at radius 2 is 1.91 bits per heavy atom. The Balaban J connectivity index is 1.66. The lowest BCUT2D eigenvalue weighted by Gasteiger charge is -2.31. The number of amides is 1. The van der Waals surface area contributed by atoms with Crippen LogP contribution in [0.4, 0.5) is 5.69 Å². The minimum absolute atomic E-state index is 0.130. The molecule has 174 valence electrons. The van der Waals surface area contributed by atoms with Crippen LogP contribution >= 0.6 is 0 Å². The van der Waals surface area contributed by atoms with E-state index < -0.39 is 10.0 Å². The third-order valence-corrected chi connectivity index (χ3v) is 7.74. The fourth-order valence-electron chi connectivity index (χ4n) is 4.00. The third kappa shape index (κ3) is 5.90. The van der Waals surface area contributed by atoms with Crippen LogP contribution in [0.1, 0.15) is 50.7 Å². The van der Waals surface area contributed by atoms with Crippen LogP contribution < -0.4 is 10.1 Å². The van der Waals surface area contributed by atoms with Gasteiger partial charge in [-0.2, -0.15) is 4.31 Å². The van der Waals surface area contributed by atoms with E-state index in [4.69, 9.17) is 4.74 Å². The van der Waals surface area contributed by atoms with Crippen LogP contribution in [0.2, 0.25) is 0 Å². The molecule has 0 radical (unpaired) electrons. The Bertz CT molecular complexity index is 1020. The van der Waals surface area contributed by atoms with Crippen LogP contribution in [0.25, 0.3) is 0 Å². The van der Waals surface area contributed by atoms with Gasteiger partial charge in [0.05, 0.1) is 17.4 Å². The molecule has 32 heavy (non-hydrogen) atoms. The summed E-state index contributed by atoms with van der Waals surface area (Å²) in [6, 6.07) is 12.8. The number of hydrogen-bond donors (Lipinski definition) is 1. The Morgan fingerprint density at radius 1 is 1.16 bits per heavy atom. The maximum Gasteiger partial charge on any atom is 0.243 e. The molecule has 0 aromatic heterocycles. The van der Waals surface area contributed by atoms with Crippen molar-refractivity contribution in [1.82, 2.24) is 4.31 Å². The molecule has 6 nitrogen and oxygen atoms in total. The van der Waals surface area contributed by atoms with Gasteiger partial charge in [-0.25, -0.2) is 8.42 Å². The predicted octanol–water partition coefficient (Wildman–Crippen LogP) is 4.78. The van der Waals surface area contributed by atoms with Crippen LogP contribution in [0.15, 0.2) is 47.4 Å². The van der Waals surface area contributed by atoms with Gasteiger partial charge in [0.1, 0.15) is 5.75 Å². The fraction of sp³-hybridized carbons (Fsp3) is 0.480. The molecule has 1 saturated heterocycles. The summed E-state index contributed by atoms with van der Waals surface area (Å²) in [5.41, 5.74) is 2.78. The highest BCUT2D eigenvalue weighted by atomic mass is 32.2. The number of carbonyl (C=O) groups is 1. The molecule has 3 rings (SSSR count). The molecule has 0 bridgehead atoms. The van der Waals surface area contributed by atoms with Crippen molar-refractivity contribution in [3.63, 3.8) is 0 Å². The number of carbonyl (C=O) groups excluding carboxylic acids is 1. The van der Waals surface area contributed by atoms with Gasteiger partial charge in [-0.15, -0.1) is 0 Å². The van der Waals surface area contributed by atoms with E-state index in [-0.39, 0.29) is 23.3 Å². The molecule has 7 heteroatoms. The van der Waals surface area contributed by atoms with Crippen molar-refractivity contribution in [3.05, 3.63) is 53.6 Å². The highest BCUT2D eigenvalue weighted by Gasteiger charge is 2.33. The molecule has 0 aliphatic carbocycles. The quantitative estimate of drug-likeness (QED) is 0.587. The summed E-state index contributed by atoms with van der Waals surface area (Å²) < 4.78 is 33.4. The lowest BCUT2D eigenvalue weighted by molar-refractivity contribution is -0.120. The average Bonchev–Trinajstić information content (AvgIpc) is 2.80. The molecule has 2 aromatic carbocycles. The second-order valence-electron chi connectivity index (χ2n) is 8.35. The number of rotatable bonds is 9. The van der Waals surface area contributed by atoms with Crippen LogP contribution in [0.3, 0.4) is 0 Å². The second kappa shape index (κ2) is 11.0. The Hall–Kier alpha value is -2.38. The molecule has 1 amide bonds. The van der Waals surface area contributed by atoms with Gasteiger partial charge in [-0.05, 0) is 81.0 Å². The van der Waals surface area contributed by atoms with Crippen molar-refractivity contribution in [2.24, 2.45) is 5.92 Å². The monoisotopic (exact) mass is 458 g/mol. The van der Waals surface area contributed by atoms with E-state index >= 15 is 0 Å². The highest BCUT2D eigenvalue weighted by molar-refractivity contribution is 7.89. The smallest absolute Gasteiger partial charge is 0.243 e. The molecule has 1 N–H and O–H groups in total. The number of anilines is 1. The van der Waals surface area contributed by atoms with Gasteiger partial charge in [0.15, 0.2) is 0 Å². The maximum absolute atomic E-state index is 13.2. The van der Waals surface area contributed by atoms with Gasteiger partial charge >= 0.3 is 0 Å². The molecular formula is C25H34N2O4S. The summed E-state index contributed by atoms with van der Waals surface area (Å²) in [7, 11) is -3.67. The van der Waals surface area contributed by atoms with Crippen molar-refractivity contribution >= 4 is 21.6 Å². The summed E-state index contributed by atoms with van der Waals surface area (Å²) in [6.45, 7) is 7.03. The number of sulfonamides is 1. The average molecular weight is 459 g/mol. The van der Waals surface area contributed by atoms with Gasteiger partial charge in [0, 0.05) is 18.8 Å². The van der Waals surface area contributed by atoms with Gasteiger partial charge in [0.25, 0.3) is 0 Å². The maximum atomic E-state index is 13.2. The Morgan fingerprint density at radius 3 is 2.56 bits per heavy atom. The predicted molar refractivity (Wildman–Crippen MR) is 128 cm³/mol. The number of benzene rings is 2. The Labute approximate surface area is 192 Å². The first-order valence-electron chi connectivity index (χ1n) is 11.5. The highest BCUT2D eigenvalue weighted by Crippen LogP contribution is 2.28. The largest absolute Gasteiger partial charge is 0.494 e. The summed E-state index contributed by atoms with van der Waals surface area (Å²) in [6.07, 6.45) is 4.66. The van der Waals surface area contributed by atoms with E-state index in [2.05, 4.69) is 12.2 Å². The van der Waals surface area contributed by atoms with E-state index in [0.717, 1.165) is 30.5 Å².